The van der Waals surface area contributed by atoms with E-state index in [1.165, 1.54) is 0 Å². The van der Waals surface area contributed by atoms with Gasteiger partial charge in [-0.2, -0.15) is 5.26 Å². The van der Waals surface area contributed by atoms with E-state index in [1.54, 1.807) is 6.07 Å². The van der Waals surface area contributed by atoms with E-state index in [9.17, 15) is 0 Å². The normalized spacial score (nSPS) is 11.1. The molecule has 1 aromatic carbocycles. The predicted octanol–water partition coefficient (Wildman–Crippen LogP) is 3.74. The first-order valence-electron chi connectivity index (χ1n) is 6.65. The number of nitrogens with zero attached hydrogens (tertiary/aromatic N) is 2. The van der Waals surface area contributed by atoms with Gasteiger partial charge in [-0.05, 0) is 39.8 Å². The van der Waals surface area contributed by atoms with Crippen molar-refractivity contribution >= 4 is 17.3 Å². The molecule has 0 aromatic heterocycles. The largest absolute Gasteiger partial charge is 0.383 e. The van der Waals surface area contributed by atoms with Crippen molar-refractivity contribution in [1.29, 1.82) is 5.26 Å². The Kier molecular flexibility index (Phi) is 6.14. The molecule has 3 nitrogen and oxygen atoms in total. The highest BCUT2D eigenvalue weighted by molar-refractivity contribution is 6.32. The molecule has 0 aliphatic heterocycles. The fraction of sp³-hybridized carbons (Fsp3) is 0.533. The summed E-state index contributed by atoms with van der Waals surface area (Å²) in [6.45, 7) is 10.5. The van der Waals surface area contributed by atoms with Crippen molar-refractivity contribution in [1.82, 2.24) is 4.90 Å². The third kappa shape index (κ3) is 4.41. The Bertz CT molecular complexity index is 441. The average Bonchev–Trinajstić information content (AvgIpc) is 2.33. The van der Waals surface area contributed by atoms with Gasteiger partial charge in [0.15, 0.2) is 0 Å². The van der Waals surface area contributed by atoms with Gasteiger partial charge in [0.1, 0.15) is 6.07 Å². The zero-order valence-corrected chi connectivity index (χ0v) is 12.8. The maximum atomic E-state index is 9.10. The molecule has 0 aliphatic rings. The first kappa shape index (κ1) is 15.8. The highest BCUT2D eigenvalue weighted by atomic mass is 35.5. The number of anilines is 1. The van der Waals surface area contributed by atoms with Crippen LogP contribution in [0.1, 0.15) is 33.3 Å². The molecule has 1 rings (SSSR count). The lowest BCUT2D eigenvalue weighted by Gasteiger charge is -2.30. The van der Waals surface area contributed by atoms with Crippen molar-refractivity contribution in [3.8, 4) is 6.07 Å². The summed E-state index contributed by atoms with van der Waals surface area (Å²) in [6, 6.07) is 8.64. The highest BCUT2D eigenvalue weighted by Gasteiger charge is 2.13. The van der Waals surface area contributed by atoms with Crippen LogP contribution in [-0.4, -0.2) is 30.1 Å². The zero-order valence-electron chi connectivity index (χ0n) is 12.1. The maximum Gasteiger partial charge on any atom is 0.103 e. The van der Waals surface area contributed by atoms with E-state index < -0.39 is 0 Å². The summed E-state index contributed by atoms with van der Waals surface area (Å²) in [5.74, 6) is 0. The Morgan fingerprint density at radius 1 is 1.26 bits per heavy atom. The molecule has 4 heteroatoms. The molecule has 0 amide bonds. The third-order valence-corrected chi connectivity index (χ3v) is 3.45. The van der Waals surface area contributed by atoms with Crippen molar-refractivity contribution in [2.24, 2.45) is 0 Å². The fourth-order valence-corrected chi connectivity index (χ4v) is 2.43. The minimum absolute atomic E-state index is 0.497. The van der Waals surface area contributed by atoms with Gasteiger partial charge in [-0.3, -0.25) is 4.90 Å². The van der Waals surface area contributed by atoms with Gasteiger partial charge in [0.05, 0.1) is 16.3 Å². The minimum atomic E-state index is 0.497. The van der Waals surface area contributed by atoms with Crippen molar-refractivity contribution in [3.05, 3.63) is 28.8 Å². The average molecular weight is 280 g/mol. The molecule has 19 heavy (non-hydrogen) atoms. The van der Waals surface area contributed by atoms with Crippen LogP contribution < -0.4 is 5.32 Å². The maximum absolute atomic E-state index is 9.10. The monoisotopic (exact) mass is 279 g/mol. The van der Waals surface area contributed by atoms with E-state index in [4.69, 9.17) is 16.9 Å². The summed E-state index contributed by atoms with van der Waals surface area (Å²) >= 11 is 6.00. The van der Waals surface area contributed by atoms with Gasteiger partial charge in [0, 0.05) is 25.2 Å². The number of rotatable bonds is 6. The van der Waals surface area contributed by atoms with Crippen molar-refractivity contribution in [2.75, 3.05) is 18.4 Å². The molecule has 0 radical (unpaired) electrons. The molecule has 1 N–H and O–H groups in total. The Morgan fingerprint density at radius 2 is 1.89 bits per heavy atom. The first-order valence-corrected chi connectivity index (χ1v) is 7.03. The smallest absolute Gasteiger partial charge is 0.103 e. The van der Waals surface area contributed by atoms with E-state index in [2.05, 4.69) is 44.0 Å². The molecule has 1 aromatic rings. The van der Waals surface area contributed by atoms with Gasteiger partial charge in [-0.1, -0.05) is 17.7 Å². The molecular weight excluding hydrogens is 258 g/mol. The highest BCUT2D eigenvalue weighted by Crippen LogP contribution is 2.23. The summed E-state index contributed by atoms with van der Waals surface area (Å²) in [5.41, 5.74) is 1.33. The number of benzene rings is 1. The van der Waals surface area contributed by atoms with Crippen LogP contribution in [0.15, 0.2) is 18.2 Å². The summed E-state index contributed by atoms with van der Waals surface area (Å²) in [5, 5.41) is 12.9. The quantitative estimate of drug-likeness (QED) is 0.862. The molecule has 104 valence electrons. The van der Waals surface area contributed by atoms with E-state index in [1.807, 2.05) is 12.1 Å². The van der Waals surface area contributed by atoms with Crippen LogP contribution in [0.3, 0.4) is 0 Å². The zero-order chi connectivity index (χ0) is 14.4. The molecular formula is C15H22ClN3. The Morgan fingerprint density at radius 3 is 2.42 bits per heavy atom. The molecule has 0 bridgehead atoms. The van der Waals surface area contributed by atoms with Crippen molar-refractivity contribution in [3.63, 3.8) is 0 Å². The van der Waals surface area contributed by atoms with Crippen LogP contribution in [0, 0.1) is 11.3 Å². The van der Waals surface area contributed by atoms with Crippen LogP contribution in [-0.2, 0) is 0 Å². The van der Waals surface area contributed by atoms with Crippen LogP contribution in [0.25, 0.3) is 0 Å². The predicted molar refractivity (Wildman–Crippen MR) is 81.6 cm³/mol. The van der Waals surface area contributed by atoms with Crippen LogP contribution in [0.4, 0.5) is 5.69 Å². The second kappa shape index (κ2) is 7.37. The fourth-order valence-electron chi connectivity index (χ4n) is 2.22. The van der Waals surface area contributed by atoms with Gasteiger partial charge in [-0.25, -0.2) is 0 Å². The first-order chi connectivity index (χ1) is 8.97. The summed E-state index contributed by atoms with van der Waals surface area (Å²) in [6.07, 6.45) is 0. The minimum Gasteiger partial charge on any atom is -0.383 e. The molecule has 0 heterocycles. The Balaban J connectivity index is 2.63. The summed E-state index contributed by atoms with van der Waals surface area (Å²) < 4.78 is 0. The topological polar surface area (TPSA) is 39.1 Å². The van der Waals surface area contributed by atoms with Crippen LogP contribution in [0.2, 0.25) is 5.02 Å². The lowest BCUT2D eigenvalue weighted by molar-refractivity contribution is 0.182. The van der Waals surface area contributed by atoms with E-state index >= 15 is 0 Å². The molecule has 0 aliphatic carbocycles. The van der Waals surface area contributed by atoms with Crippen molar-refractivity contribution in [2.45, 2.75) is 39.8 Å². The standard InChI is InChI=1S/C15H22ClN3/c1-11(2)19(12(3)4)9-8-18-15-7-5-6-14(16)13(15)10-17/h5-7,11-12,18H,8-9H2,1-4H3. The second-order valence-electron chi connectivity index (χ2n) is 5.13. The number of nitrogens with one attached hydrogen (secondary N) is 1. The lowest BCUT2D eigenvalue weighted by Crippen LogP contribution is -2.40. The molecule has 0 spiro atoms. The number of hydrogen-bond donors (Lipinski definition) is 1. The molecule has 0 saturated heterocycles. The molecule has 0 fully saturated rings. The van der Waals surface area contributed by atoms with E-state index in [-0.39, 0.29) is 0 Å². The van der Waals surface area contributed by atoms with Crippen LogP contribution >= 0.6 is 11.6 Å². The van der Waals surface area contributed by atoms with Gasteiger partial charge in [0.2, 0.25) is 0 Å². The van der Waals surface area contributed by atoms with Gasteiger partial charge in [-0.15, -0.1) is 0 Å². The molecule has 0 unspecified atom stereocenters. The van der Waals surface area contributed by atoms with Gasteiger partial charge in [0.25, 0.3) is 0 Å². The Hall–Kier alpha value is -1.24. The lowest BCUT2D eigenvalue weighted by atomic mass is 10.2. The molecule has 0 atom stereocenters. The van der Waals surface area contributed by atoms with Gasteiger partial charge < -0.3 is 5.32 Å². The van der Waals surface area contributed by atoms with Gasteiger partial charge >= 0.3 is 0 Å². The third-order valence-electron chi connectivity index (χ3n) is 3.14. The SMILES string of the molecule is CC(C)N(CCNc1cccc(Cl)c1C#N)C(C)C. The van der Waals surface area contributed by atoms with E-state index in [0.717, 1.165) is 18.8 Å². The van der Waals surface area contributed by atoms with E-state index in [0.29, 0.717) is 22.7 Å². The summed E-state index contributed by atoms with van der Waals surface area (Å²) in [7, 11) is 0. The van der Waals surface area contributed by atoms with Crippen molar-refractivity contribution < 1.29 is 0 Å². The second-order valence-corrected chi connectivity index (χ2v) is 5.53. The van der Waals surface area contributed by atoms with Crippen LogP contribution in [0.5, 0.6) is 0 Å². The number of halogens is 1. The number of hydrogen-bond acceptors (Lipinski definition) is 3. The Labute approximate surface area is 121 Å². The molecule has 0 saturated carbocycles. The summed E-state index contributed by atoms with van der Waals surface area (Å²) in [4.78, 5) is 2.41. The number of nitriles is 1.